The summed E-state index contributed by atoms with van der Waals surface area (Å²) < 4.78 is 11.5. The molecule has 1 spiro atoms. The van der Waals surface area contributed by atoms with Crippen molar-refractivity contribution in [3.63, 3.8) is 0 Å². The molecule has 4 fully saturated rings. The van der Waals surface area contributed by atoms with Crippen LogP contribution in [0.15, 0.2) is 0 Å². The molecule has 146 valence electrons. The van der Waals surface area contributed by atoms with Crippen LogP contribution >= 0.6 is 0 Å². The van der Waals surface area contributed by atoms with Crippen LogP contribution in [0.25, 0.3) is 0 Å². The summed E-state index contributed by atoms with van der Waals surface area (Å²) >= 11 is 0. The number of hydrogen-bond acceptors (Lipinski definition) is 5. The van der Waals surface area contributed by atoms with E-state index in [2.05, 4.69) is 10.2 Å². The minimum Gasteiger partial charge on any atom is -0.381 e. The van der Waals surface area contributed by atoms with E-state index in [0.717, 1.165) is 45.4 Å². The van der Waals surface area contributed by atoms with Crippen molar-refractivity contribution >= 4 is 11.8 Å². The van der Waals surface area contributed by atoms with Gasteiger partial charge in [0.2, 0.25) is 11.8 Å². The topological polar surface area (TPSA) is 71.1 Å². The SMILES string of the molecule is CN1CC2(CN(C(=O)C3CCC3)C2)OC[C@H]1C(=O)NCC1CCOCC1. The Morgan fingerprint density at radius 1 is 1.12 bits per heavy atom. The number of likely N-dealkylation sites (N-methyl/N-ethyl adjacent to an activating group) is 1. The van der Waals surface area contributed by atoms with Crippen LogP contribution in [0.5, 0.6) is 0 Å². The maximum absolute atomic E-state index is 12.5. The van der Waals surface area contributed by atoms with Crippen molar-refractivity contribution in [3.8, 4) is 0 Å². The number of nitrogens with zero attached hydrogens (tertiary/aromatic N) is 2. The van der Waals surface area contributed by atoms with E-state index in [4.69, 9.17) is 9.47 Å². The van der Waals surface area contributed by atoms with E-state index >= 15 is 0 Å². The quantitative estimate of drug-likeness (QED) is 0.773. The normalized spacial score (nSPS) is 29.9. The standard InChI is InChI=1S/C19H31N3O4/c1-21-11-19(12-22(13-19)18(24)15-3-2-4-15)26-10-16(21)17(23)20-9-14-5-7-25-8-6-14/h14-16H,2-13H2,1H3,(H,20,23)/t16-/m0/s1. The highest BCUT2D eigenvalue weighted by atomic mass is 16.5. The van der Waals surface area contributed by atoms with E-state index in [-0.39, 0.29) is 23.5 Å². The lowest BCUT2D eigenvalue weighted by atomic mass is 9.81. The Hall–Kier alpha value is -1.18. The van der Waals surface area contributed by atoms with Crippen LogP contribution in [0.1, 0.15) is 32.1 Å². The van der Waals surface area contributed by atoms with Crippen LogP contribution in [-0.2, 0) is 19.1 Å². The van der Waals surface area contributed by atoms with Gasteiger partial charge >= 0.3 is 0 Å². The Morgan fingerprint density at radius 3 is 2.46 bits per heavy atom. The van der Waals surface area contributed by atoms with Gasteiger partial charge in [-0.3, -0.25) is 14.5 Å². The molecule has 0 aromatic carbocycles. The number of carbonyl (C=O) groups excluding carboxylic acids is 2. The third-order valence-electron chi connectivity index (χ3n) is 6.55. The summed E-state index contributed by atoms with van der Waals surface area (Å²) in [4.78, 5) is 28.9. The summed E-state index contributed by atoms with van der Waals surface area (Å²) in [5, 5.41) is 3.09. The van der Waals surface area contributed by atoms with E-state index in [9.17, 15) is 9.59 Å². The molecule has 3 heterocycles. The maximum atomic E-state index is 12.5. The zero-order valence-corrected chi connectivity index (χ0v) is 15.7. The number of amides is 2. The summed E-state index contributed by atoms with van der Waals surface area (Å²) in [7, 11) is 1.99. The first kappa shape index (κ1) is 18.2. The molecule has 2 amide bonds. The second kappa shape index (κ2) is 7.44. The van der Waals surface area contributed by atoms with Gasteiger partial charge in [-0.15, -0.1) is 0 Å². The van der Waals surface area contributed by atoms with Crippen LogP contribution in [-0.4, -0.2) is 86.3 Å². The number of morpholine rings is 1. The minimum atomic E-state index is -0.272. The molecule has 4 rings (SSSR count). The van der Waals surface area contributed by atoms with Crippen molar-refractivity contribution in [2.45, 2.75) is 43.7 Å². The highest BCUT2D eigenvalue weighted by Gasteiger charge is 2.52. The predicted molar refractivity (Wildman–Crippen MR) is 95.6 cm³/mol. The molecule has 1 atom stereocenters. The number of carbonyl (C=O) groups is 2. The lowest BCUT2D eigenvalue weighted by molar-refractivity contribution is -0.204. The first-order chi connectivity index (χ1) is 12.6. The van der Waals surface area contributed by atoms with Crippen LogP contribution in [0.2, 0.25) is 0 Å². The van der Waals surface area contributed by atoms with Crippen LogP contribution in [0.4, 0.5) is 0 Å². The van der Waals surface area contributed by atoms with Crippen molar-refractivity contribution in [3.05, 3.63) is 0 Å². The second-order valence-electron chi connectivity index (χ2n) is 8.55. The smallest absolute Gasteiger partial charge is 0.239 e. The molecule has 0 radical (unpaired) electrons. The van der Waals surface area contributed by atoms with E-state index in [1.165, 1.54) is 6.42 Å². The fourth-order valence-electron chi connectivity index (χ4n) is 4.49. The molecule has 1 N–H and O–H groups in total. The highest BCUT2D eigenvalue weighted by molar-refractivity contribution is 5.82. The van der Waals surface area contributed by atoms with Gasteiger partial charge in [0, 0.05) is 32.2 Å². The first-order valence-corrected chi connectivity index (χ1v) is 10.0. The van der Waals surface area contributed by atoms with E-state index < -0.39 is 0 Å². The van der Waals surface area contributed by atoms with Gasteiger partial charge in [0.15, 0.2) is 0 Å². The van der Waals surface area contributed by atoms with Gasteiger partial charge < -0.3 is 19.7 Å². The second-order valence-corrected chi connectivity index (χ2v) is 8.55. The molecule has 0 aromatic rings. The molecule has 1 aliphatic carbocycles. The molecule has 4 aliphatic rings. The van der Waals surface area contributed by atoms with Gasteiger partial charge in [0.1, 0.15) is 11.6 Å². The number of ether oxygens (including phenoxy) is 2. The van der Waals surface area contributed by atoms with Crippen molar-refractivity contribution in [1.29, 1.82) is 0 Å². The van der Waals surface area contributed by atoms with Crippen molar-refractivity contribution < 1.29 is 19.1 Å². The van der Waals surface area contributed by atoms with Crippen molar-refractivity contribution in [1.82, 2.24) is 15.1 Å². The molecular formula is C19H31N3O4. The van der Waals surface area contributed by atoms with Crippen molar-refractivity contribution in [2.24, 2.45) is 11.8 Å². The number of rotatable bonds is 4. The molecule has 0 bridgehead atoms. The average molecular weight is 365 g/mol. The number of nitrogens with one attached hydrogen (secondary N) is 1. The maximum Gasteiger partial charge on any atom is 0.239 e. The molecule has 7 heteroatoms. The van der Waals surface area contributed by atoms with Gasteiger partial charge in [0.05, 0.1) is 19.7 Å². The lowest BCUT2D eigenvalue weighted by Crippen LogP contribution is -2.73. The average Bonchev–Trinajstić information content (AvgIpc) is 2.56. The van der Waals surface area contributed by atoms with Gasteiger partial charge in [-0.25, -0.2) is 0 Å². The molecule has 0 unspecified atom stereocenters. The Morgan fingerprint density at radius 2 is 1.85 bits per heavy atom. The van der Waals surface area contributed by atoms with Gasteiger partial charge in [-0.2, -0.15) is 0 Å². The lowest BCUT2D eigenvalue weighted by Gasteiger charge is -2.55. The van der Waals surface area contributed by atoms with Gasteiger partial charge in [-0.05, 0) is 38.6 Å². The predicted octanol–water partition coefficient (Wildman–Crippen LogP) is 0.241. The summed E-state index contributed by atoms with van der Waals surface area (Å²) in [5.74, 6) is 1.11. The molecule has 3 aliphatic heterocycles. The summed E-state index contributed by atoms with van der Waals surface area (Å²) in [6.07, 6.45) is 5.30. The largest absolute Gasteiger partial charge is 0.381 e. The fourth-order valence-corrected chi connectivity index (χ4v) is 4.49. The highest BCUT2D eigenvalue weighted by Crippen LogP contribution is 2.35. The van der Waals surface area contributed by atoms with Crippen LogP contribution in [0, 0.1) is 11.8 Å². The zero-order valence-electron chi connectivity index (χ0n) is 15.7. The van der Waals surface area contributed by atoms with E-state index in [0.29, 0.717) is 38.1 Å². The Labute approximate surface area is 155 Å². The number of hydrogen-bond donors (Lipinski definition) is 1. The van der Waals surface area contributed by atoms with Crippen molar-refractivity contribution in [2.75, 3.05) is 53.0 Å². The molecule has 26 heavy (non-hydrogen) atoms. The molecular weight excluding hydrogens is 334 g/mol. The van der Waals surface area contributed by atoms with E-state index in [1.807, 2.05) is 11.9 Å². The molecule has 7 nitrogen and oxygen atoms in total. The molecule has 1 saturated carbocycles. The Kier molecular flexibility index (Phi) is 5.21. The number of likely N-dealkylation sites (tertiary alicyclic amines) is 1. The third-order valence-corrected chi connectivity index (χ3v) is 6.55. The fraction of sp³-hybridized carbons (Fsp3) is 0.895. The zero-order chi connectivity index (χ0) is 18.1. The summed E-state index contributed by atoms with van der Waals surface area (Å²) in [6, 6.07) is -0.239. The monoisotopic (exact) mass is 365 g/mol. The molecule has 0 aromatic heterocycles. The molecule has 3 saturated heterocycles. The summed E-state index contributed by atoms with van der Waals surface area (Å²) in [6.45, 7) is 4.77. The third kappa shape index (κ3) is 3.62. The van der Waals surface area contributed by atoms with E-state index in [1.54, 1.807) is 0 Å². The van der Waals surface area contributed by atoms with Crippen LogP contribution < -0.4 is 5.32 Å². The van der Waals surface area contributed by atoms with Gasteiger partial charge in [-0.1, -0.05) is 6.42 Å². The Bertz CT molecular complexity index is 539. The Balaban J connectivity index is 1.22. The van der Waals surface area contributed by atoms with Crippen LogP contribution in [0.3, 0.4) is 0 Å². The first-order valence-electron chi connectivity index (χ1n) is 10.0. The summed E-state index contributed by atoms with van der Waals surface area (Å²) in [5.41, 5.74) is -0.272. The minimum absolute atomic E-state index is 0.0514. The van der Waals surface area contributed by atoms with Gasteiger partial charge in [0.25, 0.3) is 0 Å².